The predicted octanol–water partition coefficient (Wildman–Crippen LogP) is 5.61. The third kappa shape index (κ3) is 4.72. The van der Waals surface area contributed by atoms with Gasteiger partial charge in [-0.05, 0) is 42.5 Å². The van der Waals surface area contributed by atoms with Crippen molar-refractivity contribution in [3.8, 4) is 0 Å². The number of nitrogens with zero attached hydrogens (tertiary/aromatic N) is 1. The highest BCUT2D eigenvalue weighted by atomic mass is 35.5. The number of nitrogens with one attached hydrogen (secondary N) is 2. The number of benzene rings is 2. The molecular weight excluding hydrogens is 512 g/mol. The lowest BCUT2D eigenvalue weighted by Gasteiger charge is -2.17. The van der Waals surface area contributed by atoms with Crippen molar-refractivity contribution in [3.63, 3.8) is 0 Å². The highest BCUT2D eigenvalue weighted by Gasteiger charge is 2.40. The van der Waals surface area contributed by atoms with Crippen LogP contribution in [0, 0.1) is 0 Å². The molecule has 0 fully saturated rings. The van der Waals surface area contributed by atoms with Gasteiger partial charge in [0.05, 0.1) is 33.6 Å². The second-order valence-electron chi connectivity index (χ2n) is 6.82. The van der Waals surface area contributed by atoms with Crippen molar-refractivity contribution in [2.75, 3.05) is 10.2 Å². The Morgan fingerprint density at radius 2 is 1.67 bits per heavy atom. The van der Waals surface area contributed by atoms with Crippen molar-refractivity contribution in [2.24, 2.45) is 0 Å². The Bertz CT molecular complexity index is 1300. The predicted molar refractivity (Wildman–Crippen MR) is 127 cm³/mol. The molecule has 2 heterocycles. The minimum atomic E-state index is -0.781. The van der Waals surface area contributed by atoms with E-state index in [9.17, 15) is 14.4 Å². The molecule has 168 valence electrons. The van der Waals surface area contributed by atoms with Gasteiger partial charge in [0.25, 0.3) is 17.7 Å². The Labute approximate surface area is 207 Å². The van der Waals surface area contributed by atoms with Gasteiger partial charge in [0.1, 0.15) is 16.5 Å². The number of halogens is 4. The number of carbonyl (C=O) groups is 3. The topological polar surface area (TPSA) is 91.7 Å². The van der Waals surface area contributed by atoms with Crippen LogP contribution in [-0.4, -0.2) is 17.7 Å². The van der Waals surface area contributed by atoms with Crippen molar-refractivity contribution in [1.29, 1.82) is 0 Å². The maximum absolute atomic E-state index is 13.0. The highest BCUT2D eigenvalue weighted by Crippen LogP contribution is 2.38. The zero-order valence-electron chi connectivity index (χ0n) is 16.5. The molecule has 0 spiro atoms. The van der Waals surface area contributed by atoms with Crippen molar-refractivity contribution >= 4 is 75.5 Å². The Morgan fingerprint density at radius 1 is 0.909 bits per heavy atom. The summed E-state index contributed by atoms with van der Waals surface area (Å²) in [5, 5.41) is 5.54. The zero-order valence-corrected chi connectivity index (χ0v) is 19.5. The molecule has 0 saturated carbocycles. The van der Waals surface area contributed by atoms with E-state index in [0.717, 1.165) is 4.90 Å². The van der Waals surface area contributed by atoms with Crippen LogP contribution in [0.3, 0.4) is 0 Å². The molecule has 3 amide bonds. The summed E-state index contributed by atoms with van der Waals surface area (Å²) >= 11 is 24.3. The molecule has 1 aliphatic rings. The number of carbonyl (C=O) groups excluding carboxylic acids is 3. The van der Waals surface area contributed by atoms with Crippen LogP contribution in [0.4, 0.5) is 11.4 Å². The normalized spacial score (nSPS) is 13.6. The lowest BCUT2D eigenvalue weighted by Crippen LogP contribution is -2.32. The van der Waals surface area contributed by atoms with Crippen LogP contribution in [0.2, 0.25) is 15.1 Å². The molecule has 2 N–H and O–H groups in total. The number of hydrogen-bond acceptors (Lipinski definition) is 5. The van der Waals surface area contributed by atoms with Gasteiger partial charge in [-0.25, -0.2) is 4.90 Å². The smallest absolute Gasteiger partial charge is 0.283 e. The summed E-state index contributed by atoms with van der Waals surface area (Å²) in [6.45, 7) is 0.215. The van der Waals surface area contributed by atoms with Gasteiger partial charge in [-0.3, -0.25) is 14.4 Å². The second kappa shape index (κ2) is 9.49. The van der Waals surface area contributed by atoms with E-state index >= 15 is 0 Å². The first-order valence-corrected chi connectivity index (χ1v) is 10.9. The molecule has 0 radical (unpaired) electrons. The lowest BCUT2D eigenvalue weighted by molar-refractivity contribution is -0.120. The molecule has 4 rings (SSSR count). The zero-order chi connectivity index (χ0) is 23.7. The van der Waals surface area contributed by atoms with Crippen LogP contribution >= 0.6 is 46.4 Å². The molecule has 0 bridgehead atoms. The molecular formula is C22H13Cl4N3O4. The molecule has 0 atom stereocenters. The van der Waals surface area contributed by atoms with Gasteiger partial charge in [0.15, 0.2) is 0 Å². The number of imide groups is 1. The summed E-state index contributed by atoms with van der Waals surface area (Å²) < 4.78 is 5.19. The number of hydrogen-bond donors (Lipinski definition) is 2. The SMILES string of the molecule is O=C(NCc1ccco1)c1cccc(NC2=C(Cl)C(=O)N(c3cc(Cl)c(Cl)cc3Cl)C2=O)c1. The van der Waals surface area contributed by atoms with E-state index in [4.69, 9.17) is 50.8 Å². The molecule has 0 unspecified atom stereocenters. The van der Waals surface area contributed by atoms with Crippen LogP contribution in [-0.2, 0) is 16.1 Å². The van der Waals surface area contributed by atoms with Gasteiger partial charge in [-0.15, -0.1) is 0 Å². The van der Waals surface area contributed by atoms with Gasteiger partial charge in [0.2, 0.25) is 0 Å². The third-order valence-corrected chi connectivity index (χ3v) is 6.03. The standard InChI is InChI=1S/C22H13Cl4N3O4/c23-14-8-16(25)17(9-15(14)24)29-21(31)18(26)19(22(29)32)28-12-4-1-3-11(7-12)20(30)27-10-13-5-2-6-33-13/h1-9,28H,10H2,(H,27,30). The van der Waals surface area contributed by atoms with E-state index in [0.29, 0.717) is 17.0 Å². The van der Waals surface area contributed by atoms with Crippen LogP contribution in [0.1, 0.15) is 16.1 Å². The van der Waals surface area contributed by atoms with E-state index in [-0.39, 0.29) is 43.9 Å². The van der Waals surface area contributed by atoms with Gasteiger partial charge in [-0.1, -0.05) is 52.5 Å². The molecule has 2 aromatic carbocycles. The average molecular weight is 525 g/mol. The number of rotatable bonds is 6. The van der Waals surface area contributed by atoms with Crippen molar-refractivity contribution in [2.45, 2.75) is 6.54 Å². The van der Waals surface area contributed by atoms with E-state index < -0.39 is 11.8 Å². The van der Waals surface area contributed by atoms with Gasteiger partial charge in [0, 0.05) is 11.3 Å². The molecule has 3 aromatic rings. The summed E-state index contributed by atoms with van der Waals surface area (Å²) in [5.41, 5.74) is 0.570. The minimum Gasteiger partial charge on any atom is -0.467 e. The van der Waals surface area contributed by atoms with Crippen LogP contribution in [0.25, 0.3) is 0 Å². The first-order valence-electron chi connectivity index (χ1n) is 9.37. The fourth-order valence-electron chi connectivity index (χ4n) is 3.08. The molecule has 1 aliphatic heterocycles. The molecule has 33 heavy (non-hydrogen) atoms. The van der Waals surface area contributed by atoms with Crippen molar-refractivity contribution < 1.29 is 18.8 Å². The summed E-state index contributed by atoms with van der Waals surface area (Å²) in [5.74, 6) is -1.27. The third-order valence-electron chi connectivity index (χ3n) is 4.66. The Balaban J connectivity index is 1.54. The number of amides is 3. The van der Waals surface area contributed by atoms with Crippen LogP contribution < -0.4 is 15.5 Å². The fraction of sp³-hybridized carbons (Fsp3) is 0.0455. The van der Waals surface area contributed by atoms with Crippen molar-refractivity contribution in [3.05, 3.63) is 91.9 Å². The molecule has 11 heteroatoms. The monoisotopic (exact) mass is 523 g/mol. The van der Waals surface area contributed by atoms with Gasteiger partial charge < -0.3 is 15.1 Å². The van der Waals surface area contributed by atoms with Gasteiger partial charge >= 0.3 is 0 Å². The molecule has 7 nitrogen and oxygen atoms in total. The largest absolute Gasteiger partial charge is 0.467 e. The quantitative estimate of drug-likeness (QED) is 0.323. The Hall–Kier alpha value is -2.97. The Kier molecular flexibility index (Phi) is 6.67. The number of anilines is 2. The number of furan rings is 1. The van der Waals surface area contributed by atoms with Crippen LogP contribution in [0.5, 0.6) is 0 Å². The van der Waals surface area contributed by atoms with E-state index in [1.54, 1.807) is 30.3 Å². The van der Waals surface area contributed by atoms with Gasteiger partial charge in [-0.2, -0.15) is 0 Å². The first kappa shape index (κ1) is 23.2. The molecule has 0 saturated heterocycles. The Morgan fingerprint density at radius 3 is 2.39 bits per heavy atom. The molecule has 1 aromatic heterocycles. The van der Waals surface area contributed by atoms with Crippen LogP contribution in [0.15, 0.2) is 69.9 Å². The fourth-order valence-corrected chi connectivity index (χ4v) is 3.92. The van der Waals surface area contributed by atoms with Crippen molar-refractivity contribution in [1.82, 2.24) is 5.32 Å². The van der Waals surface area contributed by atoms with E-state index in [2.05, 4.69) is 10.6 Å². The summed E-state index contributed by atoms with van der Waals surface area (Å²) in [6.07, 6.45) is 1.51. The lowest BCUT2D eigenvalue weighted by atomic mass is 10.2. The van der Waals surface area contributed by atoms with E-state index in [1.807, 2.05) is 0 Å². The molecule has 0 aliphatic carbocycles. The maximum atomic E-state index is 13.0. The average Bonchev–Trinajstić information content (AvgIpc) is 3.38. The summed E-state index contributed by atoms with van der Waals surface area (Å²) in [6, 6.07) is 12.4. The summed E-state index contributed by atoms with van der Waals surface area (Å²) in [7, 11) is 0. The first-order chi connectivity index (χ1) is 15.8. The van der Waals surface area contributed by atoms with E-state index in [1.165, 1.54) is 24.5 Å². The second-order valence-corrected chi connectivity index (χ2v) is 8.42. The highest BCUT2D eigenvalue weighted by molar-refractivity contribution is 6.54. The minimum absolute atomic E-state index is 0.0436. The maximum Gasteiger partial charge on any atom is 0.283 e. The summed E-state index contributed by atoms with van der Waals surface area (Å²) in [4.78, 5) is 39.0.